The molecule has 3 rings (SSSR count). The highest BCUT2D eigenvalue weighted by Gasteiger charge is 2.31. The van der Waals surface area contributed by atoms with Gasteiger partial charge in [-0.25, -0.2) is 0 Å². The number of rotatable bonds is 4. The number of nitrogens with two attached hydrogens (primary N) is 1. The highest BCUT2D eigenvalue weighted by Crippen LogP contribution is 2.28. The van der Waals surface area contributed by atoms with Crippen LogP contribution in [0.25, 0.3) is 10.9 Å². The van der Waals surface area contributed by atoms with Crippen LogP contribution in [0.2, 0.25) is 0 Å². The Balaban J connectivity index is 1.90. The summed E-state index contributed by atoms with van der Waals surface area (Å²) in [6, 6.07) is 11.1. The Morgan fingerprint density at radius 3 is 3.00 bits per heavy atom. The molecule has 1 aliphatic rings. The van der Waals surface area contributed by atoms with Gasteiger partial charge in [0.1, 0.15) is 0 Å². The van der Waals surface area contributed by atoms with E-state index in [0.29, 0.717) is 12.6 Å². The maximum Gasteiger partial charge on any atom is 0.0703 e. The van der Waals surface area contributed by atoms with Crippen molar-refractivity contribution in [2.24, 2.45) is 5.73 Å². The van der Waals surface area contributed by atoms with E-state index in [0.717, 1.165) is 23.9 Å². The zero-order valence-corrected chi connectivity index (χ0v) is 12.7. The first-order chi connectivity index (χ1) is 10.2. The predicted octanol–water partition coefficient (Wildman–Crippen LogP) is 2.34. The van der Waals surface area contributed by atoms with Crippen molar-refractivity contribution in [1.82, 2.24) is 9.88 Å². The molecule has 4 nitrogen and oxygen atoms in total. The third-order valence-corrected chi connectivity index (χ3v) is 4.59. The average molecular weight is 285 g/mol. The number of hydrogen-bond donors (Lipinski definition) is 1. The molecule has 1 saturated heterocycles. The van der Waals surface area contributed by atoms with E-state index in [4.69, 9.17) is 10.5 Å². The van der Waals surface area contributed by atoms with Crippen molar-refractivity contribution in [3.8, 4) is 0 Å². The van der Waals surface area contributed by atoms with E-state index >= 15 is 0 Å². The normalized spacial score (nSPS) is 23.8. The molecule has 0 amide bonds. The molecule has 0 bridgehead atoms. The third kappa shape index (κ3) is 2.79. The van der Waals surface area contributed by atoms with Crippen LogP contribution in [-0.4, -0.2) is 42.2 Å². The number of pyridine rings is 1. The molecule has 0 radical (unpaired) electrons. The maximum atomic E-state index is 6.06. The second-order valence-electron chi connectivity index (χ2n) is 5.80. The summed E-state index contributed by atoms with van der Waals surface area (Å²) in [5.41, 5.74) is 8.34. The van der Waals surface area contributed by atoms with Crippen LogP contribution in [-0.2, 0) is 4.74 Å². The molecule has 21 heavy (non-hydrogen) atoms. The lowest BCUT2D eigenvalue weighted by Crippen LogP contribution is -2.42. The molecule has 1 aliphatic heterocycles. The van der Waals surface area contributed by atoms with Crippen molar-refractivity contribution >= 4 is 10.9 Å². The van der Waals surface area contributed by atoms with Gasteiger partial charge in [-0.3, -0.25) is 9.88 Å². The fourth-order valence-electron chi connectivity index (χ4n) is 3.33. The summed E-state index contributed by atoms with van der Waals surface area (Å²) >= 11 is 0. The second-order valence-corrected chi connectivity index (χ2v) is 5.80. The van der Waals surface area contributed by atoms with Gasteiger partial charge in [-0.1, -0.05) is 12.1 Å². The van der Waals surface area contributed by atoms with Crippen molar-refractivity contribution < 1.29 is 4.74 Å². The summed E-state index contributed by atoms with van der Waals surface area (Å²) in [4.78, 5) is 6.75. The predicted molar refractivity (Wildman–Crippen MR) is 85.1 cm³/mol. The minimum absolute atomic E-state index is 0.212. The minimum Gasteiger partial charge on any atom is -0.377 e. The third-order valence-electron chi connectivity index (χ3n) is 4.59. The SMILES string of the molecule is CC1OCCC1N(C)C(CN)c1ccc2ncccc2c1. The van der Waals surface area contributed by atoms with Gasteiger partial charge in [0.05, 0.1) is 11.6 Å². The molecule has 0 spiro atoms. The molecule has 3 atom stereocenters. The van der Waals surface area contributed by atoms with E-state index in [1.165, 1.54) is 5.56 Å². The topological polar surface area (TPSA) is 51.4 Å². The van der Waals surface area contributed by atoms with Gasteiger partial charge in [-0.15, -0.1) is 0 Å². The number of hydrogen-bond acceptors (Lipinski definition) is 4. The number of benzene rings is 1. The monoisotopic (exact) mass is 285 g/mol. The number of fused-ring (bicyclic) bond motifs is 1. The molecule has 1 aromatic carbocycles. The van der Waals surface area contributed by atoms with Crippen LogP contribution < -0.4 is 5.73 Å². The first kappa shape index (κ1) is 14.4. The van der Waals surface area contributed by atoms with Crippen LogP contribution in [0.4, 0.5) is 0 Å². The van der Waals surface area contributed by atoms with E-state index in [1.807, 2.05) is 12.3 Å². The lowest BCUT2D eigenvalue weighted by atomic mass is 10.00. The van der Waals surface area contributed by atoms with Gasteiger partial charge >= 0.3 is 0 Å². The number of nitrogens with zero attached hydrogens (tertiary/aromatic N) is 2. The quantitative estimate of drug-likeness (QED) is 0.937. The first-order valence-electron chi connectivity index (χ1n) is 7.59. The van der Waals surface area contributed by atoms with E-state index in [2.05, 4.69) is 48.1 Å². The van der Waals surface area contributed by atoms with E-state index in [9.17, 15) is 0 Å². The average Bonchev–Trinajstić information content (AvgIpc) is 2.94. The molecule has 2 N–H and O–H groups in total. The highest BCUT2D eigenvalue weighted by atomic mass is 16.5. The van der Waals surface area contributed by atoms with Crippen LogP contribution in [0.5, 0.6) is 0 Å². The van der Waals surface area contributed by atoms with Crippen molar-refractivity contribution in [3.05, 3.63) is 42.1 Å². The Morgan fingerprint density at radius 1 is 1.43 bits per heavy atom. The number of ether oxygens (including phenoxy) is 1. The molecule has 0 aliphatic carbocycles. The summed E-state index contributed by atoms with van der Waals surface area (Å²) in [6.07, 6.45) is 3.17. The molecular formula is C17H23N3O. The standard InChI is InChI=1S/C17H23N3O/c1-12-16(7-9-21-12)20(2)17(11-18)14-5-6-15-13(10-14)4-3-8-19-15/h3-6,8,10,12,16-17H,7,9,11,18H2,1-2H3. The Bertz CT molecular complexity index is 616. The van der Waals surface area contributed by atoms with E-state index in [-0.39, 0.29) is 12.1 Å². The van der Waals surface area contributed by atoms with Gasteiger partial charge in [0.15, 0.2) is 0 Å². The number of aromatic nitrogens is 1. The Kier molecular flexibility index (Phi) is 4.19. The summed E-state index contributed by atoms with van der Waals surface area (Å²) in [5, 5.41) is 1.16. The molecular weight excluding hydrogens is 262 g/mol. The van der Waals surface area contributed by atoms with Gasteiger partial charge in [0.2, 0.25) is 0 Å². The minimum atomic E-state index is 0.212. The summed E-state index contributed by atoms with van der Waals surface area (Å²) in [5.74, 6) is 0. The van der Waals surface area contributed by atoms with Crippen molar-refractivity contribution in [2.45, 2.75) is 31.5 Å². The zero-order valence-electron chi connectivity index (χ0n) is 12.7. The highest BCUT2D eigenvalue weighted by molar-refractivity contribution is 5.79. The molecule has 0 saturated carbocycles. The Hall–Kier alpha value is -1.49. The fourth-order valence-corrected chi connectivity index (χ4v) is 3.33. The smallest absolute Gasteiger partial charge is 0.0703 e. The molecule has 3 unspecified atom stereocenters. The van der Waals surface area contributed by atoms with Crippen LogP contribution in [0.3, 0.4) is 0 Å². The molecule has 2 heterocycles. The van der Waals surface area contributed by atoms with Gasteiger partial charge in [0.25, 0.3) is 0 Å². The second kappa shape index (κ2) is 6.10. The van der Waals surface area contributed by atoms with Gasteiger partial charge < -0.3 is 10.5 Å². The summed E-state index contributed by atoms with van der Waals surface area (Å²) < 4.78 is 5.69. The van der Waals surface area contributed by atoms with Crippen molar-refractivity contribution in [3.63, 3.8) is 0 Å². The van der Waals surface area contributed by atoms with Gasteiger partial charge in [-0.05, 0) is 44.2 Å². The first-order valence-corrected chi connectivity index (χ1v) is 7.59. The summed E-state index contributed by atoms with van der Waals surface area (Å²) in [6.45, 7) is 3.59. The molecule has 1 aromatic heterocycles. The molecule has 4 heteroatoms. The summed E-state index contributed by atoms with van der Waals surface area (Å²) in [7, 11) is 2.15. The molecule has 2 aromatic rings. The molecule has 1 fully saturated rings. The van der Waals surface area contributed by atoms with Crippen LogP contribution in [0.15, 0.2) is 36.5 Å². The Morgan fingerprint density at radius 2 is 2.29 bits per heavy atom. The van der Waals surface area contributed by atoms with Gasteiger partial charge in [0, 0.05) is 36.8 Å². The lowest BCUT2D eigenvalue weighted by molar-refractivity contribution is 0.0686. The van der Waals surface area contributed by atoms with Gasteiger partial charge in [-0.2, -0.15) is 0 Å². The van der Waals surface area contributed by atoms with Crippen LogP contribution in [0, 0.1) is 0 Å². The Labute approximate surface area is 125 Å². The molecule has 112 valence electrons. The van der Waals surface area contributed by atoms with Crippen LogP contribution in [0.1, 0.15) is 24.9 Å². The fraction of sp³-hybridized carbons (Fsp3) is 0.471. The zero-order chi connectivity index (χ0) is 14.8. The van der Waals surface area contributed by atoms with E-state index < -0.39 is 0 Å². The van der Waals surface area contributed by atoms with Crippen LogP contribution >= 0.6 is 0 Å². The number of likely N-dealkylation sites (N-methyl/N-ethyl adjacent to an activating group) is 1. The lowest BCUT2D eigenvalue weighted by Gasteiger charge is -2.34. The van der Waals surface area contributed by atoms with Crippen molar-refractivity contribution in [2.75, 3.05) is 20.2 Å². The largest absolute Gasteiger partial charge is 0.377 e. The van der Waals surface area contributed by atoms with E-state index in [1.54, 1.807) is 0 Å². The van der Waals surface area contributed by atoms with Crippen molar-refractivity contribution in [1.29, 1.82) is 0 Å². The maximum absolute atomic E-state index is 6.06.